The number of rotatable bonds is 9. The second kappa shape index (κ2) is 10.7. The predicted molar refractivity (Wildman–Crippen MR) is 112 cm³/mol. The molecule has 0 aliphatic rings. The van der Waals surface area contributed by atoms with E-state index in [0.29, 0.717) is 42.4 Å². The number of halogens is 1. The zero-order valence-electron chi connectivity index (χ0n) is 16.8. The molecule has 3 amide bonds. The highest BCUT2D eigenvalue weighted by Gasteiger charge is 2.14. The maximum atomic E-state index is 14.3. The Hall–Kier alpha value is -2.81. The van der Waals surface area contributed by atoms with E-state index in [9.17, 15) is 18.8 Å². The standard InChI is InChI=1S/C20H25FN4O3S/c1-4-25(5-2)19(28)8-6-7-18(27)24-20-23-17(12-29-20)15-10-9-14(11-16(15)21)22-13(3)26/h9-12H,4-8H2,1-3H3,(H,22,26)(H,23,24,27). The van der Waals surface area contributed by atoms with Gasteiger partial charge in [0.2, 0.25) is 17.7 Å². The molecule has 0 aliphatic heterocycles. The maximum Gasteiger partial charge on any atom is 0.226 e. The Bertz CT molecular complexity index is 880. The molecule has 0 bridgehead atoms. The van der Waals surface area contributed by atoms with Gasteiger partial charge < -0.3 is 15.5 Å². The molecule has 7 nitrogen and oxygen atoms in total. The van der Waals surface area contributed by atoms with Gasteiger partial charge in [-0.15, -0.1) is 11.3 Å². The van der Waals surface area contributed by atoms with E-state index in [2.05, 4.69) is 15.6 Å². The van der Waals surface area contributed by atoms with Crippen molar-refractivity contribution in [2.24, 2.45) is 0 Å². The fraction of sp³-hybridized carbons (Fsp3) is 0.400. The third-order valence-corrected chi connectivity index (χ3v) is 4.98. The van der Waals surface area contributed by atoms with Crippen molar-refractivity contribution in [2.45, 2.75) is 40.0 Å². The van der Waals surface area contributed by atoms with Gasteiger partial charge in [-0.2, -0.15) is 0 Å². The minimum absolute atomic E-state index is 0.0394. The molecule has 2 N–H and O–H groups in total. The van der Waals surface area contributed by atoms with E-state index in [1.807, 2.05) is 13.8 Å². The zero-order valence-corrected chi connectivity index (χ0v) is 17.6. The summed E-state index contributed by atoms with van der Waals surface area (Å²) in [6.07, 6.45) is 0.990. The molecule has 0 spiro atoms. The summed E-state index contributed by atoms with van der Waals surface area (Å²) >= 11 is 1.19. The lowest BCUT2D eigenvalue weighted by Crippen LogP contribution is -2.30. The van der Waals surface area contributed by atoms with Crippen LogP contribution in [0, 0.1) is 5.82 Å². The number of thiazole rings is 1. The molecule has 1 heterocycles. The van der Waals surface area contributed by atoms with Crippen molar-refractivity contribution in [3.63, 3.8) is 0 Å². The summed E-state index contributed by atoms with van der Waals surface area (Å²) < 4.78 is 14.3. The van der Waals surface area contributed by atoms with Crippen molar-refractivity contribution in [2.75, 3.05) is 23.7 Å². The van der Waals surface area contributed by atoms with Gasteiger partial charge in [-0.1, -0.05) is 0 Å². The van der Waals surface area contributed by atoms with Crippen LogP contribution in [0.1, 0.15) is 40.0 Å². The first-order valence-electron chi connectivity index (χ1n) is 9.44. The number of nitrogens with zero attached hydrogens (tertiary/aromatic N) is 2. The molecule has 1 aromatic heterocycles. The van der Waals surface area contributed by atoms with Gasteiger partial charge in [0.1, 0.15) is 5.82 Å². The highest BCUT2D eigenvalue weighted by atomic mass is 32.1. The highest BCUT2D eigenvalue weighted by Crippen LogP contribution is 2.28. The number of hydrogen-bond acceptors (Lipinski definition) is 5. The van der Waals surface area contributed by atoms with Gasteiger partial charge in [0.25, 0.3) is 0 Å². The maximum absolute atomic E-state index is 14.3. The third kappa shape index (κ3) is 6.63. The summed E-state index contributed by atoms with van der Waals surface area (Å²) in [6, 6.07) is 4.34. The Morgan fingerprint density at radius 3 is 2.48 bits per heavy atom. The molecule has 2 aromatic rings. The number of benzene rings is 1. The monoisotopic (exact) mass is 420 g/mol. The van der Waals surface area contributed by atoms with Gasteiger partial charge in [-0.3, -0.25) is 14.4 Å². The molecule has 2 rings (SSSR count). The van der Waals surface area contributed by atoms with Crippen molar-refractivity contribution in [3.05, 3.63) is 29.4 Å². The number of nitrogens with one attached hydrogen (secondary N) is 2. The predicted octanol–water partition coefficient (Wildman–Crippen LogP) is 3.88. The van der Waals surface area contributed by atoms with E-state index in [1.165, 1.54) is 30.4 Å². The largest absolute Gasteiger partial charge is 0.343 e. The highest BCUT2D eigenvalue weighted by molar-refractivity contribution is 7.14. The summed E-state index contributed by atoms with van der Waals surface area (Å²) in [4.78, 5) is 41.1. The van der Waals surface area contributed by atoms with Crippen LogP contribution in [-0.4, -0.2) is 40.7 Å². The fourth-order valence-corrected chi connectivity index (χ4v) is 3.50. The normalized spacial score (nSPS) is 10.5. The van der Waals surface area contributed by atoms with Crippen LogP contribution in [-0.2, 0) is 14.4 Å². The number of aromatic nitrogens is 1. The van der Waals surface area contributed by atoms with E-state index < -0.39 is 5.82 Å². The van der Waals surface area contributed by atoms with Crippen LogP contribution in [0.4, 0.5) is 15.2 Å². The molecule has 156 valence electrons. The molecule has 0 aliphatic carbocycles. The van der Waals surface area contributed by atoms with E-state index >= 15 is 0 Å². The average molecular weight is 421 g/mol. The SMILES string of the molecule is CCN(CC)C(=O)CCCC(=O)Nc1nc(-c2ccc(NC(C)=O)cc2F)cs1. The Morgan fingerprint density at radius 1 is 1.14 bits per heavy atom. The first kappa shape index (κ1) is 22.5. The van der Waals surface area contributed by atoms with Crippen LogP contribution in [0.25, 0.3) is 11.3 Å². The minimum Gasteiger partial charge on any atom is -0.343 e. The summed E-state index contributed by atoms with van der Waals surface area (Å²) in [5.41, 5.74) is 1.04. The number of anilines is 2. The molecule has 0 radical (unpaired) electrons. The third-order valence-electron chi connectivity index (χ3n) is 4.23. The summed E-state index contributed by atoms with van der Waals surface area (Å²) in [5, 5.41) is 7.22. The topological polar surface area (TPSA) is 91.4 Å². The second-order valence-corrected chi connectivity index (χ2v) is 7.24. The Balaban J connectivity index is 1.91. The fourth-order valence-electron chi connectivity index (χ4n) is 2.78. The number of amides is 3. The van der Waals surface area contributed by atoms with Crippen LogP contribution in [0.15, 0.2) is 23.6 Å². The summed E-state index contributed by atoms with van der Waals surface area (Å²) in [7, 11) is 0. The minimum atomic E-state index is -0.519. The molecule has 9 heteroatoms. The zero-order chi connectivity index (χ0) is 21.4. The van der Waals surface area contributed by atoms with Gasteiger partial charge in [-0.25, -0.2) is 9.37 Å². The van der Waals surface area contributed by atoms with Crippen LogP contribution < -0.4 is 10.6 Å². The van der Waals surface area contributed by atoms with Crippen LogP contribution in [0.5, 0.6) is 0 Å². The molecule has 0 fully saturated rings. The van der Waals surface area contributed by atoms with Crippen molar-refractivity contribution in [1.82, 2.24) is 9.88 Å². The smallest absolute Gasteiger partial charge is 0.226 e. The first-order valence-corrected chi connectivity index (χ1v) is 10.3. The van der Waals surface area contributed by atoms with Gasteiger partial charge in [0.15, 0.2) is 5.13 Å². The lowest BCUT2D eigenvalue weighted by atomic mass is 10.1. The van der Waals surface area contributed by atoms with Crippen molar-refractivity contribution in [3.8, 4) is 11.3 Å². The van der Waals surface area contributed by atoms with Crippen molar-refractivity contribution >= 4 is 39.9 Å². The van der Waals surface area contributed by atoms with E-state index in [4.69, 9.17) is 0 Å². The van der Waals surface area contributed by atoms with Crippen molar-refractivity contribution < 1.29 is 18.8 Å². The van der Waals surface area contributed by atoms with E-state index in [-0.39, 0.29) is 29.7 Å². The molecule has 0 saturated carbocycles. The first-order chi connectivity index (χ1) is 13.8. The van der Waals surface area contributed by atoms with Gasteiger partial charge in [-0.05, 0) is 38.5 Å². The Morgan fingerprint density at radius 2 is 1.86 bits per heavy atom. The van der Waals surface area contributed by atoms with Crippen LogP contribution >= 0.6 is 11.3 Å². The quantitative estimate of drug-likeness (QED) is 0.644. The number of carbonyl (C=O) groups is 3. The van der Waals surface area contributed by atoms with Gasteiger partial charge >= 0.3 is 0 Å². The van der Waals surface area contributed by atoms with E-state index in [0.717, 1.165) is 0 Å². The molecular weight excluding hydrogens is 395 g/mol. The molecule has 29 heavy (non-hydrogen) atoms. The number of carbonyl (C=O) groups excluding carboxylic acids is 3. The molecule has 1 aromatic carbocycles. The molecule has 0 unspecified atom stereocenters. The van der Waals surface area contributed by atoms with Crippen molar-refractivity contribution in [1.29, 1.82) is 0 Å². The molecule has 0 saturated heterocycles. The Labute approximate surface area is 173 Å². The summed E-state index contributed by atoms with van der Waals surface area (Å²) in [6.45, 7) is 6.51. The average Bonchev–Trinajstić information content (AvgIpc) is 3.10. The lowest BCUT2D eigenvalue weighted by molar-refractivity contribution is -0.131. The van der Waals surface area contributed by atoms with Crippen LogP contribution in [0.2, 0.25) is 0 Å². The van der Waals surface area contributed by atoms with Crippen LogP contribution in [0.3, 0.4) is 0 Å². The molecule has 0 atom stereocenters. The summed E-state index contributed by atoms with van der Waals surface area (Å²) in [5.74, 6) is -0.999. The van der Waals surface area contributed by atoms with Gasteiger partial charge in [0, 0.05) is 49.5 Å². The van der Waals surface area contributed by atoms with Gasteiger partial charge in [0.05, 0.1) is 5.69 Å². The Kier molecular flexibility index (Phi) is 8.26. The number of hydrogen-bond donors (Lipinski definition) is 2. The van der Waals surface area contributed by atoms with E-state index in [1.54, 1.807) is 16.3 Å². The second-order valence-electron chi connectivity index (χ2n) is 6.38. The molecular formula is C20H25FN4O3S. The lowest BCUT2D eigenvalue weighted by Gasteiger charge is -2.18.